The van der Waals surface area contributed by atoms with Gasteiger partial charge in [0.25, 0.3) is 0 Å². The van der Waals surface area contributed by atoms with Crippen LogP contribution in [0.25, 0.3) is 0 Å². The molecule has 84 heavy (non-hydrogen) atoms. The largest absolute Gasteiger partial charge is 0.394 e. The van der Waals surface area contributed by atoms with Crippen LogP contribution in [0.1, 0.15) is 271 Å². The van der Waals surface area contributed by atoms with Crippen LogP contribution in [-0.4, -0.2) is 140 Å². The second kappa shape index (κ2) is 54.6. The molecule has 2 fully saturated rings. The van der Waals surface area contributed by atoms with Crippen LogP contribution < -0.4 is 5.32 Å². The number of rotatable bonds is 55. The second-order valence-electron chi connectivity index (χ2n) is 23.9. The number of nitrogens with one attached hydrogen (secondary N) is 1. The van der Waals surface area contributed by atoms with Gasteiger partial charge in [0.2, 0.25) is 5.91 Å². The molecular weight excluding hydrogens is 1060 g/mol. The number of allylic oxidation sites excluding steroid dienone is 12. The highest BCUT2D eigenvalue weighted by Gasteiger charge is 2.51. The zero-order chi connectivity index (χ0) is 60.9. The van der Waals surface area contributed by atoms with Gasteiger partial charge in [0.15, 0.2) is 12.6 Å². The molecule has 2 saturated heterocycles. The van der Waals surface area contributed by atoms with Crippen LogP contribution >= 0.6 is 0 Å². The van der Waals surface area contributed by atoms with Crippen LogP contribution in [0.2, 0.25) is 0 Å². The van der Waals surface area contributed by atoms with E-state index in [1.807, 2.05) is 0 Å². The van der Waals surface area contributed by atoms with Gasteiger partial charge in [0, 0.05) is 6.42 Å². The molecule has 0 saturated carbocycles. The SMILES string of the molecule is CC/C=C\C/C=C\C/C=C\C/C=C\C/C=C\C/C=C\CCCCCCC(=O)NC(COC1OC(CO)C(OC2OC(CO)C(O)C(O)C2O)C(O)C1O)C(O)CCCCCCCCCCCCCCCCCCCCCCCCCCCCC. The Balaban J connectivity index is 1.70. The maximum Gasteiger partial charge on any atom is 0.220 e. The maximum absolute atomic E-state index is 13.3. The van der Waals surface area contributed by atoms with Crippen LogP contribution in [0.15, 0.2) is 72.9 Å². The molecule has 14 heteroatoms. The molecular formula is C70H125NO13. The molecule has 0 aromatic carbocycles. The lowest BCUT2D eigenvalue weighted by Gasteiger charge is -2.46. The van der Waals surface area contributed by atoms with Gasteiger partial charge in [-0.05, 0) is 64.2 Å². The number of hydrogen-bond donors (Lipinski definition) is 9. The van der Waals surface area contributed by atoms with E-state index in [9.17, 15) is 45.6 Å². The molecule has 12 atom stereocenters. The van der Waals surface area contributed by atoms with E-state index in [1.54, 1.807) is 0 Å². The van der Waals surface area contributed by atoms with Crippen LogP contribution in [0.5, 0.6) is 0 Å². The first kappa shape index (κ1) is 77.5. The number of carbonyl (C=O) groups is 1. The maximum atomic E-state index is 13.3. The first-order chi connectivity index (χ1) is 41.1. The minimum Gasteiger partial charge on any atom is -0.394 e. The van der Waals surface area contributed by atoms with Crippen LogP contribution in [0.4, 0.5) is 0 Å². The number of unbranched alkanes of at least 4 members (excludes halogenated alkanes) is 30. The zero-order valence-corrected chi connectivity index (χ0v) is 52.9. The lowest BCUT2D eigenvalue weighted by atomic mass is 9.97. The molecule has 0 bridgehead atoms. The number of carbonyl (C=O) groups excluding carboxylic acids is 1. The normalized spacial score (nSPS) is 24.1. The van der Waals surface area contributed by atoms with Crippen molar-refractivity contribution >= 4 is 5.91 Å². The summed E-state index contributed by atoms with van der Waals surface area (Å²) in [6.45, 7) is 2.76. The van der Waals surface area contributed by atoms with Gasteiger partial charge in [0.05, 0.1) is 32.0 Å². The Morgan fingerprint density at radius 1 is 0.440 bits per heavy atom. The van der Waals surface area contributed by atoms with Crippen molar-refractivity contribution in [1.82, 2.24) is 5.32 Å². The summed E-state index contributed by atoms with van der Waals surface area (Å²) in [6.07, 6.45) is 56.2. The quantitative estimate of drug-likeness (QED) is 0.0204. The smallest absolute Gasteiger partial charge is 0.220 e. The van der Waals surface area contributed by atoms with Crippen molar-refractivity contribution in [2.24, 2.45) is 0 Å². The summed E-state index contributed by atoms with van der Waals surface area (Å²) in [5, 5.41) is 87.6. The molecule has 0 aliphatic carbocycles. The highest BCUT2D eigenvalue weighted by atomic mass is 16.7. The molecule has 0 aromatic rings. The van der Waals surface area contributed by atoms with Gasteiger partial charge in [0.1, 0.15) is 48.8 Å². The highest BCUT2D eigenvalue weighted by molar-refractivity contribution is 5.76. The Morgan fingerprint density at radius 2 is 0.821 bits per heavy atom. The predicted molar refractivity (Wildman–Crippen MR) is 341 cm³/mol. The first-order valence-electron chi connectivity index (χ1n) is 34.2. The van der Waals surface area contributed by atoms with Crippen molar-refractivity contribution in [3.8, 4) is 0 Å². The number of hydrogen-bond acceptors (Lipinski definition) is 13. The van der Waals surface area contributed by atoms with E-state index < -0.39 is 86.8 Å². The van der Waals surface area contributed by atoms with Crippen molar-refractivity contribution in [1.29, 1.82) is 0 Å². The van der Waals surface area contributed by atoms with Gasteiger partial charge < -0.3 is 65.1 Å². The van der Waals surface area contributed by atoms with Gasteiger partial charge in [-0.25, -0.2) is 0 Å². The van der Waals surface area contributed by atoms with Crippen molar-refractivity contribution in [2.45, 2.75) is 344 Å². The Bertz CT molecular complexity index is 1690. The standard InChI is InChI=1S/C70H125NO13/c1-3-5-7-9-11-13-15-17-19-21-23-25-27-28-29-30-32-33-35-37-39-41-43-45-47-49-51-53-59(74)58(57-81-69-67(80)65(78)68(61(56-73)83-69)84-70-66(79)64(77)63(76)60(55-72)82-70)71-62(75)54-52-50-48-46-44-42-40-38-36-34-31-26-24-22-20-18-16-14-12-10-8-6-4-2/h6,8,12,14,18,20,24,26,34,36,40,42,58-61,63-70,72-74,76-80H,3-5,7,9-11,13,15-17,19,21-23,25,27-33,35,37-39,41,43-57H2,1-2H3,(H,71,75)/b8-6-,14-12-,20-18-,26-24-,36-34-,42-40-. The molecule has 2 rings (SSSR count). The number of aliphatic hydroxyl groups is 8. The van der Waals surface area contributed by atoms with Crippen LogP contribution in [0, 0.1) is 0 Å². The summed E-state index contributed by atoms with van der Waals surface area (Å²) in [7, 11) is 0. The number of aliphatic hydroxyl groups excluding tert-OH is 8. The highest BCUT2D eigenvalue weighted by Crippen LogP contribution is 2.30. The molecule has 14 nitrogen and oxygen atoms in total. The van der Waals surface area contributed by atoms with E-state index in [0.29, 0.717) is 12.8 Å². The van der Waals surface area contributed by atoms with Gasteiger partial charge in [-0.3, -0.25) is 4.79 Å². The van der Waals surface area contributed by atoms with Crippen molar-refractivity contribution in [3.05, 3.63) is 72.9 Å². The molecule has 1 amide bonds. The van der Waals surface area contributed by atoms with Crippen LogP contribution in [0.3, 0.4) is 0 Å². The average molecular weight is 1190 g/mol. The summed E-state index contributed by atoms with van der Waals surface area (Å²) >= 11 is 0. The van der Waals surface area contributed by atoms with Crippen molar-refractivity contribution < 1.29 is 64.6 Å². The summed E-state index contributed by atoms with van der Waals surface area (Å²) in [5.41, 5.74) is 0. The van der Waals surface area contributed by atoms with E-state index in [4.69, 9.17) is 18.9 Å². The summed E-state index contributed by atoms with van der Waals surface area (Å²) in [6, 6.07) is -0.849. The third-order valence-electron chi connectivity index (χ3n) is 16.4. The van der Waals surface area contributed by atoms with Crippen LogP contribution in [-0.2, 0) is 23.7 Å². The molecule has 488 valence electrons. The first-order valence-corrected chi connectivity index (χ1v) is 34.2. The predicted octanol–water partition coefficient (Wildman–Crippen LogP) is 13.5. The van der Waals surface area contributed by atoms with Gasteiger partial charge in [-0.15, -0.1) is 0 Å². The van der Waals surface area contributed by atoms with Crippen molar-refractivity contribution in [3.63, 3.8) is 0 Å². The monoisotopic (exact) mass is 1190 g/mol. The molecule has 9 N–H and O–H groups in total. The zero-order valence-electron chi connectivity index (χ0n) is 52.9. The minimum absolute atomic E-state index is 0.230. The molecule has 0 aromatic heterocycles. The summed E-state index contributed by atoms with van der Waals surface area (Å²) in [4.78, 5) is 13.3. The van der Waals surface area contributed by atoms with E-state index in [-0.39, 0.29) is 18.9 Å². The molecule has 0 spiro atoms. The topological polar surface area (TPSA) is 228 Å². The van der Waals surface area contributed by atoms with Gasteiger partial charge in [-0.1, -0.05) is 273 Å². The molecule has 2 aliphatic rings. The Hall–Kier alpha value is -2.57. The fourth-order valence-corrected chi connectivity index (χ4v) is 11.0. The molecule has 2 heterocycles. The third-order valence-corrected chi connectivity index (χ3v) is 16.4. The van der Waals surface area contributed by atoms with Gasteiger partial charge in [-0.2, -0.15) is 0 Å². The van der Waals surface area contributed by atoms with Crippen molar-refractivity contribution in [2.75, 3.05) is 19.8 Å². The Morgan fingerprint density at radius 3 is 1.26 bits per heavy atom. The molecule has 12 unspecified atom stereocenters. The minimum atomic E-state index is -1.79. The Labute approximate surface area is 510 Å². The summed E-state index contributed by atoms with van der Waals surface area (Å²) in [5.74, 6) is -0.230. The van der Waals surface area contributed by atoms with E-state index in [2.05, 4.69) is 92.1 Å². The number of ether oxygens (including phenoxy) is 4. The molecule has 2 aliphatic heterocycles. The lowest BCUT2D eigenvalue weighted by molar-refractivity contribution is -0.359. The fourth-order valence-electron chi connectivity index (χ4n) is 11.0. The second-order valence-corrected chi connectivity index (χ2v) is 23.9. The fraction of sp³-hybridized carbons (Fsp3) is 0.814. The third kappa shape index (κ3) is 38.7. The van der Waals surface area contributed by atoms with E-state index >= 15 is 0 Å². The lowest BCUT2D eigenvalue weighted by Crippen LogP contribution is -2.65. The average Bonchev–Trinajstić information content (AvgIpc) is 3.18. The van der Waals surface area contributed by atoms with E-state index in [0.717, 1.165) is 89.9 Å². The molecule has 0 radical (unpaired) electrons. The Kier molecular flexibility index (Phi) is 50.4. The number of amides is 1. The van der Waals surface area contributed by atoms with Gasteiger partial charge >= 0.3 is 0 Å². The van der Waals surface area contributed by atoms with E-state index in [1.165, 1.54) is 148 Å². The summed E-state index contributed by atoms with van der Waals surface area (Å²) < 4.78 is 22.9.